The van der Waals surface area contributed by atoms with Crippen molar-refractivity contribution in [3.63, 3.8) is 0 Å². The van der Waals surface area contributed by atoms with Crippen LogP contribution < -0.4 is 0 Å². The summed E-state index contributed by atoms with van der Waals surface area (Å²) in [6.45, 7) is 5.64. The highest BCUT2D eigenvalue weighted by atomic mass is 35.5. The molecule has 0 saturated carbocycles. The molecule has 0 aromatic carbocycles. The van der Waals surface area contributed by atoms with E-state index in [1.165, 1.54) is 0 Å². The van der Waals surface area contributed by atoms with Gasteiger partial charge in [0.1, 0.15) is 17.9 Å². The number of aromatic nitrogens is 4. The maximum Gasteiger partial charge on any atom is 0.308 e. The molecular formula is C14H17ClN4O4. The van der Waals surface area contributed by atoms with Crippen LogP contribution in [0.25, 0.3) is 11.2 Å². The van der Waals surface area contributed by atoms with Crippen LogP contribution in [-0.2, 0) is 19.0 Å². The average molecular weight is 341 g/mol. The van der Waals surface area contributed by atoms with Crippen molar-refractivity contribution >= 4 is 28.7 Å². The summed E-state index contributed by atoms with van der Waals surface area (Å²) in [5, 5.41) is 0.299. The van der Waals surface area contributed by atoms with Crippen molar-refractivity contribution in [1.82, 2.24) is 19.5 Å². The van der Waals surface area contributed by atoms with Gasteiger partial charge in [0.05, 0.1) is 18.9 Å². The fourth-order valence-electron chi connectivity index (χ4n) is 2.19. The first-order valence-electron chi connectivity index (χ1n) is 7.26. The summed E-state index contributed by atoms with van der Waals surface area (Å²) < 4.78 is 18.1. The Morgan fingerprint density at radius 1 is 1.52 bits per heavy atom. The van der Waals surface area contributed by atoms with Crippen LogP contribution in [0.4, 0.5) is 0 Å². The summed E-state index contributed by atoms with van der Waals surface area (Å²) in [5.74, 6) is 0.0704. The smallest absolute Gasteiger partial charge is 0.308 e. The number of halogens is 1. The molecule has 1 fully saturated rings. The normalized spacial score (nSPS) is 21.3. The first kappa shape index (κ1) is 16.1. The molecule has 124 valence electrons. The maximum absolute atomic E-state index is 11.5. The van der Waals surface area contributed by atoms with Gasteiger partial charge >= 0.3 is 5.97 Å². The highest BCUT2D eigenvalue weighted by molar-refractivity contribution is 6.33. The highest BCUT2D eigenvalue weighted by Gasteiger charge is 2.30. The largest absolute Gasteiger partial charge is 0.460 e. The van der Waals surface area contributed by atoms with Crippen LogP contribution in [0.2, 0.25) is 5.15 Å². The van der Waals surface area contributed by atoms with E-state index in [0.717, 1.165) is 0 Å². The second kappa shape index (κ2) is 6.38. The number of carbonyl (C=O) groups is 1. The quantitative estimate of drug-likeness (QED) is 0.620. The zero-order chi connectivity index (χ0) is 16.6. The predicted octanol–water partition coefficient (Wildman–Crippen LogP) is 1.86. The lowest BCUT2D eigenvalue weighted by Gasteiger charge is -2.14. The molecule has 3 rings (SSSR count). The number of fused-ring (bicyclic) bond motifs is 1. The topological polar surface area (TPSA) is 88.4 Å². The molecule has 0 bridgehead atoms. The van der Waals surface area contributed by atoms with E-state index in [0.29, 0.717) is 28.7 Å². The molecule has 3 heterocycles. The number of imidazole rings is 1. The third-order valence-corrected chi connectivity index (χ3v) is 3.63. The van der Waals surface area contributed by atoms with Crippen LogP contribution in [0, 0.1) is 12.8 Å². The number of aryl methyl sites for hydroxylation is 1. The van der Waals surface area contributed by atoms with E-state index >= 15 is 0 Å². The third kappa shape index (κ3) is 3.29. The van der Waals surface area contributed by atoms with Crippen LogP contribution in [-0.4, -0.2) is 45.0 Å². The van der Waals surface area contributed by atoms with Crippen LogP contribution >= 0.6 is 11.6 Å². The zero-order valence-corrected chi connectivity index (χ0v) is 13.8. The molecule has 23 heavy (non-hydrogen) atoms. The molecule has 0 unspecified atom stereocenters. The minimum Gasteiger partial charge on any atom is -0.460 e. The Morgan fingerprint density at radius 3 is 3.04 bits per heavy atom. The Bertz CT molecular complexity index is 733. The van der Waals surface area contributed by atoms with Crippen LogP contribution in [0.1, 0.15) is 25.9 Å². The Kier molecular flexibility index (Phi) is 4.47. The van der Waals surface area contributed by atoms with E-state index < -0.39 is 12.5 Å². The monoisotopic (exact) mass is 340 g/mol. The molecule has 1 saturated heterocycles. The molecule has 0 aliphatic carbocycles. The molecule has 2 aromatic rings. The number of hydrogen-bond donors (Lipinski definition) is 0. The number of esters is 1. The third-order valence-electron chi connectivity index (χ3n) is 3.37. The van der Waals surface area contributed by atoms with E-state index in [1.54, 1.807) is 31.7 Å². The Balaban J connectivity index is 1.71. The molecule has 2 atom stereocenters. The molecular weight excluding hydrogens is 324 g/mol. The number of hydrogen-bond acceptors (Lipinski definition) is 7. The SMILES string of the molecule is Cc1nc(Cl)c2ncn([C@H]3CO[C@@H](COC(=O)C(C)C)O3)c2n1. The van der Waals surface area contributed by atoms with Gasteiger partial charge in [0, 0.05) is 0 Å². The maximum atomic E-state index is 11.5. The lowest BCUT2D eigenvalue weighted by molar-refractivity contribution is -0.162. The fraction of sp³-hybridized carbons (Fsp3) is 0.571. The van der Waals surface area contributed by atoms with Gasteiger partial charge in [-0.25, -0.2) is 15.0 Å². The molecule has 0 N–H and O–H groups in total. The van der Waals surface area contributed by atoms with Crippen molar-refractivity contribution < 1.29 is 19.0 Å². The second-order valence-corrected chi connectivity index (χ2v) is 5.88. The number of rotatable bonds is 4. The molecule has 2 aromatic heterocycles. The molecule has 1 aliphatic heterocycles. The summed E-state index contributed by atoms with van der Waals surface area (Å²) in [6, 6.07) is 0. The van der Waals surface area contributed by atoms with Crippen LogP contribution in [0.15, 0.2) is 6.33 Å². The molecule has 9 heteroatoms. The van der Waals surface area contributed by atoms with Gasteiger partial charge in [0.25, 0.3) is 0 Å². The van der Waals surface area contributed by atoms with E-state index in [9.17, 15) is 4.79 Å². The van der Waals surface area contributed by atoms with Gasteiger partial charge in [-0.15, -0.1) is 0 Å². The molecule has 8 nitrogen and oxygen atoms in total. The first-order valence-corrected chi connectivity index (χ1v) is 7.64. The van der Waals surface area contributed by atoms with Gasteiger partial charge in [-0.1, -0.05) is 25.4 Å². The number of nitrogens with zero attached hydrogens (tertiary/aromatic N) is 4. The van der Waals surface area contributed by atoms with Crippen molar-refractivity contribution in [2.75, 3.05) is 13.2 Å². The minimum absolute atomic E-state index is 0.0505. The average Bonchev–Trinajstić information content (AvgIpc) is 3.10. The van der Waals surface area contributed by atoms with Gasteiger partial charge in [-0.3, -0.25) is 9.36 Å². The van der Waals surface area contributed by atoms with Crippen molar-refractivity contribution in [3.8, 4) is 0 Å². The molecule has 0 radical (unpaired) electrons. The summed E-state index contributed by atoms with van der Waals surface area (Å²) >= 11 is 6.07. The van der Waals surface area contributed by atoms with Gasteiger partial charge in [-0.2, -0.15) is 0 Å². The lowest BCUT2D eigenvalue weighted by atomic mass is 10.2. The van der Waals surface area contributed by atoms with Gasteiger partial charge < -0.3 is 14.2 Å². The Hall–Kier alpha value is -1.77. The van der Waals surface area contributed by atoms with Gasteiger partial charge in [0.15, 0.2) is 23.3 Å². The minimum atomic E-state index is -0.612. The van der Waals surface area contributed by atoms with Gasteiger partial charge in [0.2, 0.25) is 0 Å². The fourth-order valence-corrected chi connectivity index (χ4v) is 2.44. The van der Waals surface area contributed by atoms with Crippen molar-refractivity contribution in [1.29, 1.82) is 0 Å². The summed E-state index contributed by atoms with van der Waals surface area (Å²) in [7, 11) is 0. The number of carbonyl (C=O) groups excluding carboxylic acids is 1. The Labute approximate surface area is 137 Å². The van der Waals surface area contributed by atoms with E-state index in [2.05, 4.69) is 15.0 Å². The molecule has 0 spiro atoms. The van der Waals surface area contributed by atoms with E-state index in [1.807, 2.05) is 0 Å². The molecule has 0 amide bonds. The van der Waals surface area contributed by atoms with Crippen molar-refractivity contribution in [2.45, 2.75) is 33.3 Å². The predicted molar refractivity (Wildman–Crippen MR) is 80.7 cm³/mol. The van der Waals surface area contributed by atoms with Gasteiger partial charge in [-0.05, 0) is 6.92 Å². The summed E-state index contributed by atoms with van der Waals surface area (Å²) in [6.07, 6.45) is 0.563. The summed E-state index contributed by atoms with van der Waals surface area (Å²) in [4.78, 5) is 24.1. The van der Waals surface area contributed by atoms with E-state index in [4.69, 9.17) is 25.8 Å². The highest BCUT2D eigenvalue weighted by Crippen LogP contribution is 2.27. The van der Waals surface area contributed by atoms with Crippen LogP contribution in [0.5, 0.6) is 0 Å². The zero-order valence-electron chi connectivity index (χ0n) is 13.0. The molecule has 1 aliphatic rings. The second-order valence-electron chi connectivity index (χ2n) is 5.52. The Morgan fingerprint density at radius 2 is 2.30 bits per heavy atom. The number of ether oxygens (including phenoxy) is 3. The summed E-state index contributed by atoms with van der Waals surface area (Å²) in [5.41, 5.74) is 1.09. The van der Waals surface area contributed by atoms with Crippen molar-refractivity contribution in [2.24, 2.45) is 5.92 Å². The van der Waals surface area contributed by atoms with Crippen LogP contribution in [0.3, 0.4) is 0 Å². The van der Waals surface area contributed by atoms with Crippen molar-refractivity contribution in [3.05, 3.63) is 17.3 Å². The lowest BCUT2D eigenvalue weighted by Crippen LogP contribution is -2.22. The van der Waals surface area contributed by atoms with E-state index in [-0.39, 0.29) is 18.5 Å². The standard InChI is InChI=1S/C14H17ClN4O4/c1-7(2)14(20)22-5-10-21-4-9(23-10)19-6-16-11-12(15)17-8(3)18-13(11)19/h6-7,9-10H,4-5H2,1-3H3/t9-,10-/m1/s1. The first-order chi connectivity index (χ1) is 11.0.